The number of benzene rings is 2. The molecular weight excluding hydrogens is 534 g/mol. The second-order valence-electron chi connectivity index (χ2n) is 4.71. The van der Waals surface area contributed by atoms with E-state index in [0.717, 1.165) is 0 Å². The Balaban J connectivity index is 0.000000562. The molecule has 0 fully saturated rings. The van der Waals surface area contributed by atoms with E-state index in [0.29, 0.717) is 0 Å². The largest absolute Gasteiger partial charge is 2.00 e. The van der Waals surface area contributed by atoms with Gasteiger partial charge in [0.25, 0.3) is 0 Å². The zero-order valence-electron chi connectivity index (χ0n) is 13.8. The summed E-state index contributed by atoms with van der Waals surface area (Å²) < 4.78 is 186. The van der Waals surface area contributed by atoms with E-state index in [9.17, 15) is 69.8 Å². The summed E-state index contributed by atoms with van der Waals surface area (Å²) >= 11 is 0. The zero-order chi connectivity index (χ0) is 23.9. The Morgan fingerprint density at radius 3 is 0.645 bits per heavy atom. The van der Waals surface area contributed by atoms with Gasteiger partial charge in [-0.3, -0.25) is 0 Å². The molecule has 0 spiro atoms. The first kappa shape index (κ1) is 29.8. The van der Waals surface area contributed by atoms with E-state index < -0.39 is 88.2 Å². The standard InChI is InChI=1S/2C6HF5O3S.Ca/c2*7-1-2(8)4(10)6(15(12,13)14)5(11)3(1)9;/h2*(H,12,13,14);/q;;+2/p-2. The van der Waals surface area contributed by atoms with E-state index in [1.54, 1.807) is 0 Å². The molecule has 2 rings (SSSR count). The Kier molecular flexibility index (Phi) is 9.79. The Morgan fingerprint density at radius 2 is 0.516 bits per heavy atom. The molecule has 0 radical (unpaired) electrons. The van der Waals surface area contributed by atoms with E-state index in [1.807, 2.05) is 0 Å². The van der Waals surface area contributed by atoms with Crippen LogP contribution in [0.2, 0.25) is 0 Å². The fourth-order valence-electron chi connectivity index (χ4n) is 1.61. The first-order chi connectivity index (χ1) is 13.4. The van der Waals surface area contributed by atoms with E-state index in [-0.39, 0.29) is 37.7 Å². The van der Waals surface area contributed by atoms with Crippen molar-refractivity contribution in [2.24, 2.45) is 0 Å². The Bertz CT molecular complexity index is 1090. The van der Waals surface area contributed by atoms with E-state index in [1.165, 1.54) is 0 Å². The molecule has 0 unspecified atom stereocenters. The molecule has 2 aromatic rings. The first-order valence-corrected chi connectivity index (χ1v) is 9.11. The number of hydrogen-bond donors (Lipinski definition) is 0. The number of hydrogen-bond acceptors (Lipinski definition) is 6. The van der Waals surface area contributed by atoms with Crippen molar-refractivity contribution in [3.63, 3.8) is 0 Å². The molecule has 0 saturated heterocycles. The third-order valence-corrected chi connectivity index (χ3v) is 4.56. The van der Waals surface area contributed by atoms with Crippen LogP contribution in [0.5, 0.6) is 0 Å². The van der Waals surface area contributed by atoms with Crippen LogP contribution in [0.15, 0.2) is 9.79 Å². The van der Waals surface area contributed by atoms with Gasteiger partial charge in [0.15, 0.2) is 46.5 Å². The predicted octanol–water partition coefficient (Wildman–Crippen LogP) is 2.19. The second-order valence-corrected chi connectivity index (χ2v) is 7.34. The fourth-order valence-corrected chi connectivity index (χ4v) is 2.84. The monoisotopic (exact) mass is 534 g/mol. The maximum absolute atomic E-state index is 12.6. The van der Waals surface area contributed by atoms with Gasteiger partial charge in [-0.25, -0.2) is 60.7 Å². The minimum atomic E-state index is -5.77. The van der Waals surface area contributed by atoms with Gasteiger partial charge in [0.05, 0.1) is 0 Å². The summed E-state index contributed by atoms with van der Waals surface area (Å²) in [7, 11) is -11.5. The third kappa shape index (κ3) is 5.99. The van der Waals surface area contributed by atoms with Crippen molar-refractivity contribution < 1.29 is 69.8 Å². The van der Waals surface area contributed by atoms with E-state index >= 15 is 0 Å². The van der Waals surface area contributed by atoms with Gasteiger partial charge < -0.3 is 9.11 Å². The molecule has 0 heterocycles. The molecule has 0 amide bonds. The average molecular weight is 534 g/mol. The van der Waals surface area contributed by atoms with Crippen molar-refractivity contribution >= 4 is 58.0 Å². The molecule has 168 valence electrons. The maximum atomic E-state index is 12.6. The molecule has 0 N–H and O–H groups in total. The van der Waals surface area contributed by atoms with E-state index in [2.05, 4.69) is 0 Å². The van der Waals surface area contributed by atoms with Crippen molar-refractivity contribution in [1.82, 2.24) is 0 Å². The Hall–Kier alpha value is -1.18. The van der Waals surface area contributed by atoms with Crippen LogP contribution in [-0.4, -0.2) is 63.7 Å². The molecule has 0 bridgehead atoms. The van der Waals surface area contributed by atoms with Gasteiger partial charge in [0, 0.05) is 0 Å². The molecule has 0 aromatic heterocycles. The van der Waals surface area contributed by atoms with Crippen LogP contribution >= 0.6 is 0 Å². The molecule has 2 aromatic carbocycles. The van der Waals surface area contributed by atoms with E-state index in [4.69, 9.17) is 0 Å². The SMILES string of the molecule is O=S(=O)([O-])c1c(F)c(F)c(F)c(F)c1F.O=S(=O)([O-])c1c(F)c(F)c(F)c(F)c1F.[Ca+2]. The quantitative estimate of drug-likeness (QED) is 0.192. The molecular formula is C12CaF10O6S2. The van der Waals surface area contributed by atoms with Crippen molar-refractivity contribution in [1.29, 1.82) is 0 Å². The van der Waals surface area contributed by atoms with Crippen molar-refractivity contribution in [3.05, 3.63) is 58.2 Å². The van der Waals surface area contributed by atoms with Gasteiger partial charge >= 0.3 is 37.7 Å². The van der Waals surface area contributed by atoms with Gasteiger partial charge in [0.2, 0.25) is 11.6 Å². The number of rotatable bonds is 2. The summed E-state index contributed by atoms with van der Waals surface area (Å²) in [5, 5.41) is 0. The number of halogens is 10. The molecule has 0 aliphatic rings. The van der Waals surface area contributed by atoms with Crippen LogP contribution in [-0.2, 0) is 20.2 Å². The summed E-state index contributed by atoms with van der Waals surface area (Å²) in [4.78, 5) is -4.75. The topological polar surface area (TPSA) is 114 Å². The van der Waals surface area contributed by atoms with Crippen molar-refractivity contribution in [2.45, 2.75) is 9.79 Å². The van der Waals surface area contributed by atoms with Crippen molar-refractivity contribution in [3.8, 4) is 0 Å². The maximum Gasteiger partial charge on any atom is 2.00 e. The van der Waals surface area contributed by atoms with Crippen LogP contribution in [0.3, 0.4) is 0 Å². The minimum absolute atomic E-state index is 0. The Morgan fingerprint density at radius 1 is 0.387 bits per heavy atom. The molecule has 31 heavy (non-hydrogen) atoms. The van der Waals surface area contributed by atoms with Gasteiger partial charge in [-0.05, 0) is 0 Å². The summed E-state index contributed by atoms with van der Waals surface area (Å²) in [6, 6.07) is 0. The minimum Gasteiger partial charge on any atom is -0.744 e. The molecule has 0 aliphatic carbocycles. The molecule has 0 aliphatic heterocycles. The average Bonchev–Trinajstić information content (AvgIpc) is 2.60. The summed E-state index contributed by atoms with van der Waals surface area (Å²) in [5.41, 5.74) is 0. The van der Waals surface area contributed by atoms with Gasteiger partial charge in [-0.2, -0.15) is 0 Å². The van der Waals surface area contributed by atoms with Gasteiger partial charge in [-0.1, -0.05) is 0 Å². The Labute approximate surface area is 195 Å². The van der Waals surface area contributed by atoms with Crippen LogP contribution in [0, 0.1) is 58.2 Å². The molecule has 0 atom stereocenters. The smallest absolute Gasteiger partial charge is 0.744 e. The third-order valence-electron chi connectivity index (χ3n) is 2.84. The van der Waals surface area contributed by atoms with Crippen LogP contribution < -0.4 is 0 Å². The van der Waals surface area contributed by atoms with Crippen LogP contribution in [0.4, 0.5) is 43.9 Å². The predicted molar refractivity (Wildman–Crippen MR) is 74.1 cm³/mol. The summed E-state index contributed by atoms with van der Waals surface area (Å²) in [5.74, 6) is -25.7. The fraction of sp³-hybridized carbons (Fsp3) is 0. The molecule has 6 nitrogen and oxygen atoms in total. The summed E-state index contributed by atoms with van der Waals surface area (Å²) in [6.45, 7) is 0. The van der Waals surface area contributed by atoms with Crippen molar-refractivity contribution in [2.75, 3.05) is 0 Å². The molecule has 19 heteroatoms. The second kappa shape index (κ2) is 10.2. The van der Waals surface area contributed by atoms with Crippen LogP contribution in [0.1, 0.15) is 0 Å². The van der Waals surface area contributed by atoms with Gasteiger partial charge in [-0.15, -0.1) is 0 Å². The summed E-state index contributed by atoms with van der Waals surface area (Å²) in [6.07, 6.45) is 0. The zero-order valence-corrected chi connectivity index (χ0v) is 17.6. The van der Waals surface area contributed by atoms with Gasteiger partial charge in [0.1, 0.15) is 30.0 Å². The normalized spacial score (nSPS) is 11.5. The van der Waals surface area contributed by atoms with Crippen LogP contribution in [0.25, 0.3) is 0 Å². The first-order valence-electron chi connectivity index (χ1n) is 6.30. The molecule has 0 saturated carbocycles.